The lowest BCUT2D eigenvalue weighted by Gasteiger charge is -2.31. The summed E-state index contributed by atoms with van der Waals surface area (Å²) in [5.41, 5.74) is 1.20. The van der Waals surface area contributed by atoms with Crippen molar-refractivity contribution in [1.82, 2.24) is 10.2 Å². The molecule has 0 aliphatic carbocycles. The van der Waals surface area contributed by atoms with Gasteiger partial charge in [-0.2, -0.15) is 0 Å². The fraction of sp³-hybridized carbons (Fsp3) is 0.368. The Hall–Kier alpha value is -2.56. The molecule has 126 valence electrons. The first-order chi connectivity index (χ1) is 11.7. The summed E-state index contributed by atoms with van der Waals surface area (Å²) in [7, 11) is 0. The molecule has 0 saturated carbocycles. The average molecular weight is 326 g/mol. The molecule has 3 rings (SSSR count). The minimum atomic E-state index is -0.145. The molecule has 1 aromatic heterocycles. The zero-order valence-corrected chi connectivity index (χ0v) is 13.6. The number of amides is 2. The highest BCUT2D eigenvalue weighted by Crippen LogP contribution is 2.19. The van der Waals surface area contributed by atoms with E-state index in [1.165, 1.54) is 11.8 Å². The number of likely N-dealkylation sites (tertiary alicyclic amines) is 1. The quantitative estimate of drug-likeness (QED) is 0.918. The number of furan rings is 1. The molecule has 0 spiro atoms. The van der Waals surface area contributed by atoms with Crippen LogP contribution in [0.1, 0.15) is 29.0 Å². The Morgan fingerprint density at radius 1 is 1.17 bits per heavy atom. The molecule has 5 nitrogen and oxygen atoms in total. The zero-order chi connectivity index (χ0) is 16.8. The number of carbonyl (C=O) groups is 2. The van der Waals surface area contributed by atoms with Gasteiger partial charge in [0.15, 0.2) is 5.76 Å². The van der Waals surface area contributed by atoms with E-state index in [9.17, 15) is 9.59 Å². The topological polar surface area (TPSA) is 62.6 Å². The summed E-state index contributed by atoms with van der Waals surface area (Å²) in [5.74, 6) is 0.0817. The number of nitrogens with one attached hydrogen (secondary N) is 1. The van der Waals surface area contributed by atoms with Crippen LogP contribution in [0.5, 0.6) is 0 Å². The van der Waals surface area contributed by atoms with Gasteiger partial charge in [0.1, 0.15) is 0 Å². The Bertz CT molecular complexity index is 667. The van der Waals surface area contributed by atoms with Gasteiger partial charge in [-0.1, -0.05) is 30.3 Å². The molecule has 2 heterocycles. The molecule has 1 saturated heterocycles. The van der Waals surface area contributed by atoms with Crippen molar-refractivity contribution in [2.45, 2.75) is 19.3 Å². The molecule has 0 radical (unpaired) electrons. The highest BCUT2D eigenvalue weighted by molar-refractivity contribution is 5.92. The Kier molecular flexibility index (Phi) is 5.31. The number of benzene rings is 1. The van der Waals surface area contributed by atoms with Gasteiger partial charge in [-0.05, 0) is 37.0 Å². The highest BCUT2D eigenvalue weighted by Gasteiger charge is 2.29. The lowest BCUT2D eigenvalue weighted by atomic mass is 9.97. The number of carbonyl (C=O) groups excluding carboxylic acids is 2. The van der Waals surface area contributed by atoms with Gasteiger partial charge in [0, 0.05) is 19.6 Å². The smallest absolute Gasteiger partial charge is 0.289 e. The van der Waals surface area contributed by atoms with Crippen LogP contribution in [-0.4, -0.2) is 36.3 Å². The third-order valence-electron chi connectivity index (χ3n) is 4.37. The van der Waals surface area contributed by atoms with Gasteiger partial charge in [-0.3, -0.25) is 9.59 Å². The van der Waals surface area contributed by atoms with Crippen LogP contribution in [0.25, 0.3) is 0 Å². The lowest BCUT2D eigenvalue weighted by Crippen LogP contribution is -2.45. The summed E-state index contributed by atoms with van der Waals surface area (Å²) in [6, 6.07) is 13.4. The van der Waals surface area contributed by atoms with E-state index >= 15 is 0 Å². The highest BCUT2D eigenvalue weighted by atomic mass is 16.3. The van der Waals surface area contributed by atoms with Crippen LogP contribution < -0.4 is 5.32 Å². The van der Waals surface area contributed by atoms with Crippen molar-refractivity contribution >= 4 is 11.8 Å². The molecule has 24 heavy (non-hydrogen) atoms. The van der Waals surface area contributed by atoms with E-state index in [-0.39, 0.29) is 17.7 Å². The second-order valence-electron chi connectivity index (χ2n) is 6.09. The molecular formula is C19H22N2O3. The van der Waals surface area contributed by atoms with Gasteiger partial charge in [-0.15, -0.1) is 0 Å². The van der Waals surface area contributed by atoms with Crippen LogP contribution in [0.4, 0.5) is 0 Å². The summed E-state index contributed by atoms with van der Waals surface area (Å²) in [6.07, 6.45) is 3.96. The van der Waals surface area contributed by atoms with Crippen molar-refractivity contribution in [1.29, 1.82) is 0 Å². The van der Waals surface area contributed by atoms with E-state index < -0.39 is 0 Å². The maximum absolute atomic E-state index is 12.4. The van der Waals surface area contributed by atoms with Crippen molar-refractivity contribution in [3.05, 3.63) is 60.1 Å². The monoisotopic (exact) mass is 326 g/mol. The van der Waals surface area contributed by atoms with Crippen molar-refractivity contribution in [3.63, 3.8) is 0 Å². The van der Waals surface area contributed by atoms with E-state index in [0.29, 0.717) is 25.4 Å². The lowest BCUT2D eigenvalue weighted by molar-refractivity contribution is -0.126. The summed E-state index contributed by atoms with van der Waals surface area (Å²) < 4.78 is 5.17. The molecule has 1 fully saturated rings. The number of hydrogen-bond donors (Lipinski definition) is 1. The Morgan fingerprint density at radius 3 is 2.75 bits per heavy atom. The van der Waals surface area contributed by atoms with Crippen molar-refractivity contribution in [2.24, 2.45) is 5.92 Å². The van der Waals surface area contributed by atoms with Crippen molar-refractivity contribution in [3.8, 4) is 0 Å². The van der Waals surface area contributed by atoms with E-state index in [4.69, 9.17) is 4.42 Å². The molecule has 1 aliphatic heterocycles. The molecule has 1 N–H and O–H groups in total. The summed E-state index contributed by atoms with van der Waals surface area (Å²) in [4.78, 5) is 26.4. The number of rotatable bonds is 5. The van der Waals surface area contributed by atoms with Crippen LogP contribution in [0, 0.1) is 5.92 Å². The minimum absolute atomic E-state index is 0.0304. The van der Waals surface area contributed by atoms with Crippen LogP contribution in [-0.2, 0) is 11.2 Å². The summed E-state index contributed by atoms with van der Waals surface area (Å²) in [5, 5.41) is 2.99. The second kappa shape index (κ2) is 7.81. The normalized spacial score (nSPS) is 17.5. The molecular weight excluding hydrogens is 304 g/mol. The fourth-order valence-electron chi connectivity index (χ4n) is 3.05. The van der Waals surface area contributed by atoms with Crippen LogP contribution in [0.2, 0.25) is 0 Å². The number of hydrogen-bond acceptors (Lipinski definition) is 3. The molecule has 1 unspecified atom stereocenters. The van der Waals surface area contributed by atoms with Gasteiger partial charge in [-0.25, -0.2) is 0 Å². The minimum Gasteiger partial charge on any atom is -0.459 e. The predicted molar refractivity (Wildman–Crippen MR) is 90.5 cm³/mol. The second-order valence-corrected chi connectivity index (χ2v) is 6.09. The predicted octanol–water partition coefficient (Wildman–Crippen LogP) is 2.49. The van der Waals surface area contributed by atoms with E-state index in [1.807, 2.05) is 18.2 Å². The van der Waals surface area contributed by atoms with Crippen LogP contribution in [0.3, 0.4) is 0 Å². The van der Waals surface area contributed by atoms with Crippen LogP contribution in [0.15, 0.2) is 53.1 Å². The Balaban J connectivity index is 1.49. The fourth-order valence-corrected chi connectivity index (χ4v) is 3.05. The third-order valence-corrected chi connectivity index (χ3v) is 4.37. The maximum atomic E-state index is 12.4. The third kappa shape index (κ3) is 4.04. The number of piperidine rings is 1. The van der Waals surface area contributed by atoms with Gasteiger partial charge in [0.2, 0.25) is 5.91 Å². The van der Waals surface area contributed by atoms with Crippen LogP contribution >= 0.6 is 0 Å². The molecule has 0 bridgehead atoms. The Labute approximate surface area is 141 Å². The Morgan fingerprint density at radius 2 is 2.00 bits per heavy atom. The summed E-state index contributed by atoms with van der Waals surface area (Å²) in [6.45, 7) is 1.75. The van der Waals surface area contributed by atoms with E-state index in [2.05, 4.69) is 17.4 Å². The van der Waals surface area contributed by atoms with Crippen molar-refractivity contribution in [2.75, 3.05) is 19.6 Å². The molecule has 1 atom stereocenters. The van der Waals surface area contributed by atoms with Gasteiger partial charge in [0.25, 0.3) is 5.91 Å². The first kappa shape index (κ1) is 16.3. The van der Waals surface area contributed by atoms with E-state index in [1.54, 1.807) is 17.0 Å². The van der Waals surface area contributed by atoms with Gasteiger partial charge < -0.3 is 14.6 Å². The van der Waals surface area contributed by atoms with Gasteiger partial charge >= 0.3 is 0 Å². The largest absolute Gasteiger partial charge is 0.459 e. The molecule has 1 aromatic carbocycles. The molecule has 2 amide bonds. The van der Waals surface area contributed by atoms with Gasteiger partial charge in [0.05, 0.1) is 12.2 Å². The number of nitrogens with zero attached hydrogens (tertiary/aromatic N) is 1. The first-order valence-corrected chi connectivity index (χ1v) is 8.38. The molecule has 2 aromatic rings. The molecule has 5 heteroatoms. The summed E-state index contributed by atoms with van der Waals surface area (Å²) >= 11 is 0. The standard InChI is InChI=1S/C19H22N2O3/c22-18(20-11-10-15-6-2-1-3-7-15)16-8-4-12-21(14-16)19(23)17-9-5-13-24-17/h1-3,5-7,9,13,16H,4,8,10-12,14H2,(H,20,22). The van der Waals surface area contributed by atoms with E-state index in [0.717, 1.165) is 19.3 Å². The first-order valence-electron chi connectivity index (χ1n) is 8.38. The SMILES string of the molecule is O=C(NCCc1ccccc1)C1CCCN(C(=O)c2ccco2)C1. The van der Waals surface area contributed by atoms with Crippen molar-refractivity contribution < 1.29 is 14.0 Å². The molecule has 1 aliphatic rings. The maximum Gasteiger partial charge on any atom is 0.289 e. The average Bonchev–Trinajstić information content (AvgIpc) is 3.16. The zero-order valence-electron chi connectivity index (χ0n) is 13.6.